The number of hydrogen-bond acceptors (Lipinski definition) is 3. The van der Waals surface area contributed by atoms with Gasteiger partial charge in [-0.25, -0.2) is 0 Å². The van der Waals surface area contributed by atoms with Crippen LogP contribution in [0, 0.1) is 0 Å². The second kappa shape index (κ2) is 4.64. The molecule has 0 aromatic heterocycles. The Morgan fingerprint density at radius 2 is 2.07 bits per heavy atom. The normalized spacial score (nSPS) is 15.5. The van der Waals surface area contributed by atoms with Crippen molar-refractivity contribution < 1.29 is 4.79 Å². The molecule has 1 aliphatic rings. The fourth-order valence-electron chi connectivity index (χ4n) is 1.20. The molecule has 0 fully saturated rings. The van der Waals surface area contributed by atoms with Crippen LogP contribution in [-0.4, -0.2) is 17.8 Å². The van der Waals surface area contributed by atoms with Crippen LogP contribution < -0.4 is 0 Å². The summed E-state index contributed by atoms with van der Waals surface area (Å²) in [4.78, 5) is 15.6. The zero-order valence-corrected chi connectivity index (χ0v) is 9.39. The molecule has 0 atom stereocenters. The Morgan fingerprint density at radius 3 is 2.60 bits per heavy atom. The molecule has 15 heavy (non-hydrogen) atoms. The minimum atomic E-state index is 0.581. The first-order chi connectivity index (χ1) is 7.29. The molecular weight excluding hydrogens is 230 g/mol. The average molecular weight is 238 g/mol. The van der Waals surface area contributed by atoms with E-state index >= 15 is 0 Å². The van der Waals surface area contributed by atoms with Crippen LogP contribution in [-0.2, 0) is 4.79 Å². The average Bonchev–Trinajstić information content (AvgIpc) is 2.30. The molecule has 0 N–H and O–H groups in total. The summed E-state index contributed by atoms with van der Waals surface area (Å²) in [5.41, 5.74) is 1.66. The predicted octanol–water partition coefficient (Wildman–Crippen LogP) is 3.03. The Bertz CT molecular complexity index is 436. The Morgan fingerprint density at radius 1 is 1.33 bits per heavy atom. The highest BCUT2D eigenvalue weighted by atomic mass is 35.5. The van der Waals surface area contributed by atoms with Crippen LogP contribution in [0.25, 0.3) is 4.91 Å². The van der Waals surface area contributed by atoms with E-state index in [2.05, 4.69) is 4.99 Å². The number of aldehydes is 1. The van der Waals surface area contributed by atoms with Gasteiger partial charge in [-0.15, -0.1) is 11.8 Å². The Kier molecular flexibility index (Phi) is 3.23. The molecule has 0 bridgehead atoms. The molecular formula is C11H8ClNOS. The van der Waals surface area contributed by atoms with Gasteiger partial charge in [0.15, 0.2) is 6.29 Å². The smallest absolute Gasteiger partial charge is 0.165 e. The molecule has 1 aromatic rings. The van der Waals surface area contributed by atoms with Gasteiger partial charge in [-0.3, -0.25) is 9.79 Å². The molecule has 2 nitrogen and oxygen atoms in total. The van der Waals surface area contributed by atoms with E-state index in [-0.39, 0.29) is 0 Å². The first-order valence-electron chi connectivity index (χ1n) is 4.40. The molecule has 2 rings (SSSR count). The predicted molar refractivity (Wildman–Crippen MR) is 65.4 cm³/mol. The molecule has 0 aliphatic carbocycles. The molecule has 4 heteroatoms. The molecule has 0 saturated heterocycles. The third-order valence-corrected chi connectivity index (χ3v) is 3.33. The Hall–Kier alpha value is -1.06. The van der Waals surface area contributed by atoms with Crippen molar-refractivity contribution in [2.75, 3.05) is 5.75 Å². The second-order valence-corrected chi connectivity index (χ2v) is 4.48. The topological polar surface area (TPSA) is 29.4 Å². The van der Waals surface area contributed by atoms with Crippen molar-refractivity contribution in [3.05, 3.63) is 41.1 Å². The molecule has 0 spiro atoms. The van der Waals surface area contributed by atoms with Crippen LogP contribution >= 0.6 is 23.4 Å². The number of hydrogen-bond donors (Lipinski definition) is 0. The number of rotatable bonds is 2. The van der Waals surface area contributed by atoms with Crippen molar-refractivity contribution in [3.8, 4) is 0 Å². The molecule has 0 radical (unpaired) electrons. The SMILES string of the molecule is O=CC1=NC=C(c2ccc(Cl)cc2)SC1. The van der Waals surface area contributed by atoms with E-state index in [1.165, 1.54) is 0 Å². The molecule has 1 aliphatic heterocycles. The number of carbonyl (C=O) groups excluding carboxylic acids is 1. The van der Waals surface area contributed by atoms with Gasteiger partial charge in [0, 0.05) is 21.9 Å². The number of carbonyl (C=O) groups is 1. The van der Waals surface area contributed by atoms with Crippen molar-refractivity contribution in [2.45, 2.75) is 0 Å². The highest BCUT2D eigenvalue weighted by Gasteiger charge is 2.09. The summed E-state index contributed by atoms with van der Waals surface area (Å²) < 4.78 is 0. The summed E-state index contributed by atoms with van der Waals surface area (Å²) in [6.45, 7) is 0. The van der Waals surface area contributed by atoms with Gasteiger partial charge in [0.25, 0.3) is 0 Å². The molecule has 0 saturated carbocycles. The van der Waals surface area contributed by atoms with E-state index in [1.807, 2.05) is 24.3 Å². The van der Waals surface area contributed by atoms with Gasteiger partial charge < -0.3 is 0 Å². The highest BCUT2D eigenvalue weighted by molar-refractivity contribution is 8.09. The number of nitrogens with zero attached hydrogens (tertiary/aromatic N) is 1. The largest absolute Gasteiger partial charge is 0.296 e. The van der Waals surface area contributed by atoms with E-state index in [0.29, 0.717) is 11.5 Å². The monoisotopic (exact) mass is 237 g/mol. The fourth-order valence-corrected chi connectivity index (χ4v) is 2.21. The first kappa shape index (κ1) is 10.5. The summed E-state index contributed by atoms with van der Waals surface area (Å²) in [7, 11) is 0. The minimum Gasteiger partial charge on any atom is -0.296 e. The van der Waals surface area contributed by atoms with Crippen LogP contribution in [0.3, 0.4) is 0 Å². The lowest BCUT2D eigenvalue weighted by Gasteiger charge is -2.10. The van der Waals surface area contributed by atoms with Crippen LogP contribution in [0.5, 0.6) is 0 Å². The van der Waals surface area contributed by atoms with Crippen molar-refractivity contribution in [1.82, 2.24) is 0 Å². The lowest BCUT2D eigenvalue weighted by Crippen LogP contribution is -2.05. The van der Waals surface area contributed by atoms with E-state index < -0.39 is 0 Å². The van der Waals surface area contributed by atoms with Gasteiger partial charge in [-0.2, -0.15) is 0 Å². The van der Waals surface area contributed by atoms with Gasteiger partial charge in [0.1, 0.15) is 0 Å². The lowest BCUT2D eigenvalue weighted by molar-refractivity contribution is -0.102. The molecule has 0 amide bonds. The van der Waals surface area contributed by atoms with Crippen LogP contribution in [0.1, 0.15) is 5.56 Å². The Labute approximate surface area is 97.0 Å². The molecule has 0 unspecified atom stereocenters. The number of aliphatic imine (C=N–C) groups is 1. The quantitative estimate of drug-likeness (QED) is 0.740. The third-order valence-electron chi connectivity index (χ3n) is 1.99. The van der Waals surface area contributed by atoms with Crippen molar-refractivity contribution in [2.24, 2.45) is 4.99 Å². The molecule has 76 valence electrons. The zero-order chi connectivity index (χ0) is 10.7. The van der Waals surface area contributed by atoms with E-state index in [4.69, 9.17) is 11.6 Å². The maximum absolute atomic E-state index is 10.5. The van der Waals surface area contributed by atoms with Crippen LogP contribution in [0.2, 0.25) is 5.02 Å². The maximum Gasteiger partial charge on any atom is 0.165 e. The van der Waals surface area contributed by atoms with Gasteiger partial charge in [-0.05, 0) is 17.7 Å². The summed E-state index contributed by atoms with van der Waals surface area (Å²) in [5, 5.41) is 0.720. The number of thioether (sulfide) groups is 1. The fraction of sp³-hybridized carbons (Fsp3) is 0.0909. The first-order valence-corrected chi connectivity index (χ1v) is 5.77. The molecule has 1 aromatic carbocycles. The standard InChI is InChI=1S/C11H8ClNOS/c12-9-3-1-8(2-4-9)11-5-13-10(6-14)7-15-11/h1-6H,7H2. The second-order valence-electron chi connectivity index (χ2n) is 3.03. The summed E-state index contributed by atoms with van der Waals surface area (Å²) >= 11 is 7.41. The van der Waals surface area contributed by atoms with E-state index in [9.17, 15) is 4.79 Å². The summed E-state index contributed by atoms with van der Waals surface area (Å²) in [6.07, 6.45) is 2.52. The van der Waals surface area contributed by atoms with E-state index in [1.54, 1.807) is 18.0 Å². The van der Waals surface area contributed by atoms with Crippen LogP contribution in [0.15, 0.2) is 35.5 Å². The van der Waals surface area contributed by atoms with E-state index in [0.717, 1.165) is 21.8 Å². The van der Waals surface area contributed by atoms with Crippen molar-refractivity contribution >= 4 is 40.3 Å². The van der Waals surface area contributed by atoms with Gasteiger partial charge in [0.2, 0.25) is 0 Å². The number of halogens is 1. The lowest BCUT2D eigenvalue weighted by atomic mass is 10.2. The Balaban J connectivity index is 2.26. The van der Waals surface area contributed by atoms with Crippen LogP contribution in [0.4, 0.5) is 0 Å². The zero-order valence-electron chi connectivity index (χ0n) is 7.81. The third kappa shape index (κ3) is 2.49. The van der Waals surface area contributed by atoms with Crippen molar-refractivity contribution in [1.29, 1.82) is 0 Å². The van der Waals surface area contributed by atoms with Crippen molar-refractivity contribution in [3.63, 3.8) is 0 Å². The van der Waals surface area contributed by atoms with Gasteiger partial charge >= 0.3 is 0 Å². The minimum absolute atomic E-state index is 0.581. The summed E-state index contributed by atoms with van der Waals surface area (Å²) in [6, 6.07) is 7.58. The maximum atomic E-state index is 10.5. The molecule has 1 heterocycles. The summed E-state index contributed by atoms with van der Waals surface area (Å²) in [5.74, 6) is 0.637. The van der Waals surface area contributed by atoms with Gasteiger partial charge in [-0.1, -0.05) is 23.7 Å². The van der Waals surface area contributed by atoms with Gasteiger partial charge in [0.05, 0.1) is 5.71 Å². The number of benzene rings is 1. The highest BCUT2D eigenvalue weighted by Crippen LogP contribution is 2.30.